The van der Waals surface area contributed by atoms with E-state index in [1.54, 1.807) is 24.3 Å². The zero-order chi connectivity index (χ0) is 28.1. The molecule has 3 aromatic rings. The van der Waals surface area contributed by atoms with Crippen LogP contribution in [-0.2, 0) is 11.3 Å². The van der Waals surface area contributed by atoms with Crippen molar-refractivity contribution in [1.29, 1.82) is 0 Å². The van der Waals surface area contributed by atoms with Gasteiger partial charge < -0.3 is 19.7 Å². The highest BCUT2D eigenvalue weighted by atomic mass is 19.4. The van der Waals surface area contributed by atoms with Gasteiger partial charge in [0.05, 0.1) is 13.2 Å². The Hall–Kier alpha value is -3.63. The predicted molar refractivity (Wildman–Crippen MR) is 146 cm³/mol. The van der Waals surface area contributed by atoms with Crippen molar-refractivity contribution in [2.24, 2.45) is 0 Å². The lowest BCUT2D eigenvalue weighted by molar-refractivity contribution is -0.274. The largest absolute Gasteiger partial charge is 0.573 e. The number of halogens is 3. The van der Waals surface area contributed by atoms with Crippen molar-refractivity contribution in [3.8, 4) is 16.9 Å². The number of likely N-dealkylation sites (tertiary alicyclic amines) is 1. The number of pyridine rings is 1. The fraction of sp³-hybridized carbons (Fsp3) is 0.400. The van der Waals surface area contributed by atoms with Gasteiger partial charge in [-0.05, 0) is 66.3 Å². The van der Waals surface area contributed by atoms with Crippen molar-refractivity contribution in [3.05, 3.63) is 77.5 Å². The number of nitrogens with one attached hydrogen (secondary N) is 1. The first-order valence-corrected chi connectivity index (χ1v) is 13.5. The van der Waals surface area contributed by atoms with Crippen molar-refractivity contribution in [3.63, 3.8) is 0 Å². The maximum Gasteiger partial charge on any atom is 0.573 e. The standard InChI is InChI=1S/C30H33F3N4O3/c1-21-26(23-6-8-25(9-7-23)40-30(31,32)33)3-2-4-27(21)29(38)35-24-11-13-36(14-12-24)20-22-5-10-28(34-19-22)37-15-17-39-18-16-37/h2-10,19,24H,11-18,20H2,1H3,(H,35,38). The van der Waals surface area contributed by atoms with Crippen LogP contribution in [0.25, 0.3) is 11.1 Å². The third kappa shape index (κ3) is 7.11. The zero-order valence-corrected chi connectivity index (χ0v) is 22.4. The van der Waals surface area contributed by atoms with Gasteiger partial charge in [-0.25, -0.2) is 4.98 Å². The summed E-state index contributed by atoms with van der Waals surface area (Å²) in [6.45, 7) is 7.63. The average molecular weight is 555 g/mol. The molecule has 0 saturated carbocycles. The lowest BCUT2D eigenvalue weighted by Gasteiger charge is -2.32. The van der Waals surface area contributed by atoms with Gasteiger partial charge >= 0.3 is 6.36 Å². The number of hydrogen-bond donors (Lipinski definition) is 1. The Morgan fingerprint density at radius 3 is 2.40 bits per heavy atom. The molecule has 2 fully saturated rings. The molecular formula is C30H33F3N4O3. The van der Waals surface area contributed by atoms with Crippen LogP contribution >= 0.6 is 0 Å². The number of anilines is 1. The number of carbonyl (C=O) groups is 1. The van der Waals surface area contributed by atoms with E-state index in [4.69, 9.17) is 4.74 Å². The summed E-state index contributed by atoms with van der Waals surface area (Å²) in [6, 6.07) is 15.4. The van der Waals surface area contributed by atoms with Crippen LogP contribution in [0.2, 0.25) is 0 Å². The number of amides is 1. The number of piperidine rings is 1. The lowest BCUT2D eigenvalue weighted by atomic mass is 9.95. The number of alkyl halides is 3. The van der Waals surface area contributed by atoms with Gasteiger partial charge in [0.25, 0.3) is 5.91 Å². The SMILES string of the molecule is Cc1c(C(=O)NC2CCN(Cc3ccc(N4CCOCC4)nc3)CC2)cccc1-c1ccc(OC(F)(F)F)cc1. The molecule has 0 bridgehead atoms. The van der Waals surface area contributed by atoms with Gasteiger partial charge in [0.2, 0.25) is 0 Å². The highest BCUT2D eigenvalue weighted by molar-refractivity contribution is 5.97. The first kappa shape index (κ1) is 27.9. The molecule has 40 heavy (non-hydrogen) atoms. The van der Waals surface area contributed by atoms with E-state index in [-0.39, 0.29) is 17.7 Å². The Morgan fingerprint density at radius 2 is 1.75 bits per heavy atom. The number of aromatic nitrogens is 1. The van der Waals surface area contributed by atoms with Crippen molar-refractivity contribution >= 4 is 11.7 Å². The van der Waals surface area contributed by atoms with Crippen LogP contribution in [0.5, 0.6) is 5.75 Å². The highest BCUT2D eigenvalue weighted by Gasteiger charge is 2.31. The molecule has 0 atom stereocenters. The van der Waals surface area contributed by atoms with Crippen LogP contribution in [0.3, 0.4) is 0 Å². The Balaban J connectivity index is 1.14. The third-order valence-electron chi connectivity index (χ3n) is 7.45. The summed E-state index contributed by atoms with van der Waals surface area (Å²) >= 11 is 0. The Labute approximate surface area is 231 Å². The number of rotatable bonds is 7. The molecule has 0 radical (unpaired) electrons. The number of carbonyl (C=O) groups excluding carboxylic acids is 1. The van der Waals surface area contributed by atoms with Crippen LogP contribution in [0, 0.1) is 6.92 Å². The summed E-state index contributed by atoms with van der Waals surface area (Å²) in [5.41, 5.74) is 4.00. The molecule has 2 aliphatic heterocycles. The quantitative estimate of drug-likeness (QED) is 0.434. The van der Waals surface area contributed by atoms with E-state index in [0.29, 0.717) is 11.1 Å². The van der Waals surface area contributed by atoms with Crippen molar-refractivity contribution < 1.29 is 27.4 Å². The molecule has 1 amide bonds. The molecule has 2 aromatic carbocycles. The van der Waals surface area contributed by atoms with E-state index in [1.165, 1.54) is 17.7 Å². The Bertz CT molecular complexity index is 1290. The first-order valence-electron chi connectivity index (χ1n) is 13.5. The predicted octanol–water partition coefficient (Wildman–Crippen LogP) is 5.19. The Morgan fingerprint density at radius 1 is 1.02 bits per heavy atom. The summed E-state index contributed by atoms with van der Waals surface area (Å²) in [5.74, 6) is 0.563. The topological polar surface area (TPSA) is 66.9 Å². The molecule has 1 aromatic heterocycles. The third-order valence-corrected chi connectivity index (χ3v) is 7.45. The van der Waals surface area contributed by atoms with Gasteiger partial charge in [0, 0.05) is 50.5 Å². The van der Waals surface area contributed by atoms with E-state index in [1.807, 2.05) is 19.2 Å². The summed E-state index contributed by atoms with van der Waals surface area (Å²) in [7, 11) is 0. The molecule has 7 nitrogen and oxygen atoms in total. The van der Waals surface area contributed by atoms with E-state index in [0.717, 1.165) is 75.7 Å². The van der Waals surface area contributed by atoms with Crippen LogP contribution in [0.1, 0.15) is 34.3 Å². The molecule has 212 valence electrons. The normalized spacial score (nSPS) is 17.1. The van der Waals surface area contributed by atoms with Gasteiger partial charge in [-0.1, -0.05) is 30.3 Å². The van der Waals surface area contributed by atoms with Crippen LogP contribution in [0.15, 0.2) is 60.8 Å². The maximum atomic E-state index is 13.2. The van der Waals surface area contributed by atoms with Gasteiger partial charge in [-0.3, -0.25) is 9.69 Å². The summed E-state index contributed by atoms with van der Waals surface area (Å²) in [6.07, 6.45) is -1.09. The minimum absolute atomic E-state index is 0.0763. The molecular weight excluding hydrogens is 521 g/mol. The maximum absolute atomic E-state index is 13.2. The van der Waals surface area contributed by atoms with Gasteiger partial charge in [0.15, 0.2) is 0 Å². The second kappa shape index (κ2) is 12.3. The summed E-state index contributed by atoms with van der Waals surface area (Å²) in [5, 5.41) is 3.18. The number of morpholine rings is 1. The highest BCUT2D eigenvalue weighted by Crippen LogP contribution is 2.30. The molecule has 2 aliphatic rings. The van der Waals surface area contributed by atoms with Crippen molar-refractivity contribution in [2.45, 2.75) is 38.7 Å². The fourth-order valence-corrected chi connectivity index (χ4v) is 5.28. The van der Waals surface area contributed by atoms with E-state index >= 15 is 0 Å². The summed E-state index contributed by atoms with van der Waals surface area (Å²) < 4.78 is 46.8. The first-order chi connectivity index (χ1) is 19.2. The molecule has 10 heteroatoms. The minimum atomic E-state index is -4.74. The fourth-order valence-electron chi connectivity index (χ4n) is 5.28. The number of ether oxygens (including phenoxy) is 2. The van der Waals surface area contributed by atoms with E-state index in [9.17, 15) is 18.0 Å². The van der Waals surface area contributed by atoms with Crippen molar-refractivity contribution in [2.75, 3.05) is 44.3 Å². The average Bonchev–Trinajstić information content (AvgIpc) is 2.95. The molecule has 1 N–H and O–H groups in total. The molecule has 2 saturated heterocycles. The van der Waals surface area contributed by atoms with Crippen LogP contribution < -0.4 is 15.0 Å². The van der Waals surface area contributed by atoms with E-state index < -0.39 is 6.36 Å². The van der Waals surface area contributed by atoms with Gasteiger partial charge in [-0.15, -0.1) is 13.2 Å². The summed E-state index contributed by atoms with van der Waals surface area (Å²) in [4.78, 5) is 22.4. The zero-order valence-electron chi connectivity index (χ0n) is 22.4. The van der Waals surface area contributed by atoms with Crippen LogP contribution in [-0.4, -0.2) is 67.6 Å². The van der Waals surface area contributed by atoms with Gasteiger partial charge in [0.1, 0.15) is 11.6 Å². The number of nitrogens with zero attached hydrogens (tertiary/aromatic N) is 3. The number of hydrogen-bond acceptors (Lipinski definition) is 6. The van der Waals surface area contributed by atoms with E-state index in [2.05, 4.69) is 37.0 Å². The smallest absolute Gasteiger partial charge is 0.406 e. The Kier molecular flexibility index (Phi) is 8.56. The van der Waals surface area contributed by atoms with Crippen molar-refractivity contribution in [1.82, 2.24) is 15.2 Å². The second-order valence-corrected chi connectivity index (χ2v) is 10.2. The molecule has 3 heterocycles. The molecule has 0 aliphatic carbocycles. The minimum Gasteiger partial charge on any atom is -0.406 e. The monoisotopic (exact) mass is 554 g/mol. The molecule has 5 rings (SSSR count). The molecule has 0 unspecified atom stereocenters. The van der Waals surface area contributed by atoms with Gasteiger partial charge in [-0.2, -0.15) is 0 Å². The lowest BCUT2D eigenvalue weighted by Crippen LogP contribution is -2.44. The number of benzene rings is 2. The second-order valence-electron chi connectivity index (χ2n) is 10.2. The van der Waals surface area contributed by atoms with Crippen LogP contribution in [0.4, 0.5) is 19.0 Å². The molecule has 0 spiro atoms.